The standard InChI is InChI=1S/C28H31P.C16H19P.C8H18.C4H8/c1-18-9-19(2)12-25(11-18)29(26-13-20(3)10-21(4)14-26)28-8-6-5-7-27(28)24-16-22-15-23(22)17-24;1-11-5-12(2)8-15(7-11)17-16-9-13(3)6-14(4)10-16;1-4-6-7-8(3)5-2;1-2-4-3-1/h5-14,22-24H,15-17H2,1-4H3;5-10,17H,1-4H3;8H,4-7H2,1-3H3;1-4H2. The van der Waals surface area contributed by atoms with Crippen molar-refractivity contribution in [2.45, 2.75) is 153 Å². The van der Waals surface area contributed by atoms with Crippen molar-refractivity contribution in [3.8, 4) is 0 Å². The minimum Gasteiger partial charge on any atom is -0.0654 e. The molecule has 5 aromatic rings. The third kappa shape index (κ3) is 14.3. The molecule has 0 amide bonds. The second-order valence-corrected chi connectivity index (χ2v) is 22.0. The van der Waals surface area contributed by atoms with Crippen molar-refractivity contribution < 1.29 is 0 Å². The van der Waals surface area contributed by atoms with E-state index in [1.54, 1.807) is 10.9 Å². The van der Waals surface area contributed by atoms with E-state index in [4.69, 9.17) is 0 Å². The third-order valence-corrected chi connectivity index (χ3v) is 15.9. The minimum absolute atomic E-state index is 0.547. The molecule has 0 N–H and O–H groups in total. The van der Waals surface area contributed by atoms with Crippen molar-refractivity contribution in [2.75, 3.05) is 0 Å². The molecule has 3 saturated carbocycles. The lowest BCUT2D eigenvalue weighted by molar-refractivity contribution is 0.492. The van der Waals surface area contributed by atoms with Gasteiger partial charge in [-0.2, -0.15) is 0 Å². The Morgan fingerprint density at radius 1 is 0.534 bits per heavy atom. The Morgan fingerprint density at radius 3 is 1.31 bits per heavy atom. The highest BCUT2D eigenvalue weighted by atomic mass is 31.1. The van der Waals surface area contributed by atoms with Crippen molar-refractivity contribution in [1.29, 1.82) is 0 Å². The maximum Gasteiger partial charge on any atom is -0.0116 e. The summed E-state index contributed by atoms with van der Waals surface area (Å²) in [6, 6.07) is 37.4. The molecule has 0 bridgehead atoms. The zero-order valence-electron chi connectivity index (χ0n) is 38.3. The number of hydrogen-bond acceptors (Lipinski definition) is 0. The van der Waals surface area contributed by atoms with E-state index in [1.165, 1.54) is 136 Å². The monoisotopic (exact) mass is 811 g/mol. The number of fused-ring (bicyclic) bond motifs is 1. The van der Waals surface area contributed by atoms with Gasteiger partial charge >= 0.3 is 0 Å². The molecule has 3 aliphatic rings. The van der Waals surface area contributed by atoms with Gasteiger partial charge in [0.05, 0.1) is 0 Å². The Labute approximate surface area is 359 Å². The summed E-state index contributed by atoms with van der Waals surface area (Å²) in [5.74, 6) is 3.75. The summed E-state index contributed by atoms with van der Waals surface area (Å²) in [6.07, 6.45) is 15.8. The van der Waals surface area contributed by atoms with Crippen LogP contribution in [0.15, 0.2) is 97.1 Å². The molecule has 5 aromatic carbocycles. The van der Waals surface area contributed by atoms with Gasteiger partial charge < -0.3 is 0 Å². The van der Waals surface area contributed by atoms with E-state index >= 15 is 0 Å². The molecule has 3 fully saturated rings. The summed E-state index contributed by atoms with van der Waals surface area (Å²) in [4.78, 5) is 0. The summed E-state index contributed by atoms with van der Waals surface area (Å²) in [6.45, 7) is 24.5. The first-order valence-corrected chi connectivity index (χ1v) is 25.1. The van der Waals surface area contributed by atoms with Crippen molar-refractivity contribution >= 4 is 43.0 Å². The molecule has 3 aliphatic carbocycles. The Kier molecular flexibility index (Phi) is 17.9. The van der Waals surface area contributed by atoms with Crippen LogP contribution in [0.25, 0.3) is 0 Å². The average molecular weight is 811 g/mol. The smallest absolute Gasteiger partial charge is 0.0116 e. The van der Waals surface area contributed by atoms with Gasteiger partial charge in [-0.05, 0) is 138 Å². The SMILES string of the molecule is C1CCC1.CCCCC(C)CC.Cc1cc(C)cc(P(c2cc(C)cc(C)c2)c2ccccc2C2CC3CC3C2)c1.Cc1cc(C)cc(Pc2cc(C)cc(C)c2)c1. The number of unbranched alkanes of at least 4 members (excludes halogenated alkanes) is 1. The Morgan fingerprint density at radius 2 is 0.931 bits per heavy atom. The average Bonchev–Trinajstić information content (AvgIpc) is 3.73. The highest BCUT2D eigenvalue weighted by molar-refractivity contribution is 7.80. The Hall–Kier alpha value is -3.04. The van der Waals surface area contributed by atoms with Crippen LogP contribution >= 0.6 is 16.5 Å². The van der Waals surface area contributed by atoms with E-state index in [-0.39, 0.29) is 0 Å². The summed E-state index contributed by atoms with van der Waals surface area (Å²) in [7, 11) is 0.215. The van der Waals surface area contributed by atoms with Crippen LogP contribution in [0.3, 0.4) is 0 Å². The van der Waals surface area contributed by atoms with E-state index in [2.05, 4.69) is 173 Å². The molecular formula is C56H76P2. The number of rotatable bonds is 10. The predicted molar refractivity (Wildman–Crippen MR) is 265 cm³/mol. The molecule has 0 radical (unpaired) electrons. The van der Waals surface area contributed by atoms with Crippen LogP contribution in [0.1, 0.15) is 147 Å². The Balaban J connectivity index is 0.000000185. The second-order valence-electron chi connectivity index (χ2n) is 18.5. The maximum atomic E-state index is 2.44. The van der Waals surface area contributed by atoms with Gasteiger partial charge in [-0.1, -0.05) is 222 Å². The summed E-state index contributed by atoms with van der Waals surface area (Å²) >= 11 is 0. The van der Waals surface area contributed by atoms with Gasteiger partial charge in [0.25, 0.3) is 0 Å². The van der Waals surface area contributed by atoms with Gasteiger partial charge in [-0.3, -0.25) is 0 Å². The molecule has 0 aromatic heterocycles. The van der Waals surface area contributed by atoms with Crippen molar-refractivity contribution in [3.63, 3.8) is 0 Å². The lowest BCUT2D eigenvalue weighted by Gasteiger charge is -2.26. The van der Waals surface area contributed by atoms with Crippen LogP contribution in [0.4, 0.5) is 0 Å². The predicted octanol–water partition coefficient (Wildman–Crippen LogP) is 14.5. The molecule has 0 saturated heterocycles. The van der Waals surface area contributed by atoms with Gasteiger partial charge in [-0.25, -0.2) is 0 Å². The van der Waals surface area contributed by atoms with Gasteiger partial charge in [0.2, 0.25) is 0 Å². The zero-order valence-corrected chi connectivity index (χ0v) is 40.2. The van der Waals surface area contributed by atoms with Crippen LogP contribution in [0.2, 0.25) is 0 Å². The van der Waals surface area contributed by atoms with Crippen LogP contribution in [-0.2, 0) is 0 Å². The molecule has 310 valence electrons. The lowest BCUT2D eigenvalue weighted by Crippen LogP contribution is -2.25. The van der Waals surface area contributed by atoms with Crippen molar-refractivity contribution in [2.24, 2.45) is 17.8 Å². The number of hydrogen-bond donors (Lipinski definition) is 0. The first kappa shape index (κ1) is 46.0. The highest BCUT2D eigenvalue weighted by Gasteiger charge is 2.46. The van der Waals surface area contributed by atoms with Gasteiger partial charge in [0.15, 0.2) is 0 Å². The van der Waals surface area contributed by atoms with Gasteiger partial charge in [0.1, 0.15) is 0 Å². The zero-order chi connectivity index (χ0) is 41.8. The van der Waals surface area contributed by atoms with Crippen molar-refractivity contribution in [1.82, 2.24) is 0 Å². The fourth-order valence-electron chi connectivity index (χ4n) is 8.86. The highest BCUT2D eigenvalue weighted by Crippen LogP contribution is 2.58. The maximum absolute atomic E-state index is 2.44. The van der Waals surface area contributed by atoms with Gasteiger partial charge in [-0.15, -0.1) is 0 Å². The van der Waals surface area contributed by atoms with E-state index in [0.717, 1.165) is 32.3 Å². The number of benzene rings is 5. The molecule has 3 unspecified atom stereocenters. The first-order chi connectivity index (χ1) is 27.8. The van der Waals surface area contributed by atoms with Crippen LogP contribution < -0.4 is 26.5 Å². The first-order valence-electron chi connectivity index (χ1n) is 22.8. The number of aryl methyl sites for hydroxylation is 8. The fraction of sp³-hybridized carbons (Fsp3) is 0.464. The second kappa shape index (κ2) is 22.5. The minimum atomic E-state index is -0.547. The topological polar surface area (TPSA) is 0 Å². The normalized spacial score (nSPS) is 18.0. The fourth-order valence-corrected chi connectivity index (χ4v) is 13.3. The third-order valence-electron chi connectivity index (χ3n) is 12.3. The quantitative estimate of drug-likeness (QED) is 0.123. The molecule has 0 aliphatic heterocycles. The van der Waals surface area contributed by atoms with Gasteiger partial charge in [0, 0.05) is 0 Å². The van der Waals surface area contributed by atoms with Crippen LogP contribution in [0.5, 0.6) is 0 Å². The molecular weight excluding hydrogens is 735 g/mol. The molecule has 0 spiro atoms. The van der Waals surface area contributed by atoms with E-state index in [1.807, 2.05) is 0 Å². The van der Waals surface area contributed by atoms with Crippen molar-refractivity contribution in [3.05, 3.63) is 147 Å². The van der Waals surface area contributed by atoms with E-state index in [9.17, 15) is 0 Å². The largest absolute Gasteiger partial charge is 0.0654 e. The molecule has 8 rings (SSSR count). The molecule has 58 heavy (non-hydrogen) atoms. The lowest BCUT2D eigenvalue weighted by atomic mass is 9.94. The molecule has 0 heterocycles. The summed E-state index contributed by atoms with van der Waals surface area (Å²) in [5.41, 5.74) is 12.5. The summed E-state index contributed by atoms with van der Waals surface area (Å²) in [5, 5.41) is 7.46. The van der Waals surface area contributed by atoms with Crippen LogP contribution in [0, 0.1) is 73.1 Å². The Bertz CT molecular complexity index is 1850. The van der Waals surface area contributed by atoms with Crippen LogP contribution in [-0.4, -0.2) is 0 Å². The van der Waals surface area contributed by atoms with E-state index in [0.29, 0.717) is 0 Å². The molecule has 3 atom stereocenters. The summed E-state index contributed by atoms with van der Waals surface area (Å²) < 4.78 is 0. The molecule has 0 nitrogen and oxygen atoms in total. The molecule has 2 heteroatoms. The van der Waals surface area contributed by atoms with E-state index < -0.39 is 7.92 Å².